The van der Waals surface area contributed by atoms with Gasteiger partial charge in [-0.3, -0.25) is 4.90 Å². The Morgan fingerprint density at radius 1 is 1.11 bits per heavy atom. The highest BCUT2D eigenvalue weighted by atomic mass is 19.1. The number of piperidine rings is 1. The van der Waals surface area contributed by atoms with Crippen LogP contribution in [0.5, 0.6) is 0 Å². The number of nitrogens with one attached hydrogen (secondary N) is 1. The van der Waals surface area contributed by atoms with Gasteiger partial charge in [0.1, 0.15) is 5.82 Å². The summed E-state index contributed by atoms with van der Waals surface area (Å²) in [5, 5.41) is 3.41. The Morgan fingerprint density at radius 3 is 2.53 bits per heavy atom. The molecule has 1 saturated carbocycles. The molecular weight excluding hydrogens is 239 g/mol. The summed E-state index contributed by atoms with van der Waals surface area (Å²) in [6, 6.07) is 7.91. The smallest absolute Gasteiger partial charge is 0.127 e. The lowest BCUT2D eigenvalue weighted by atomic mass is 9.97. The molecule has 1 saturated heterocycles. The molecule has 2 fully saturated rings. The first-order chi connectivity index (χ1) is 9.33. The van der Waals surface area contributed by atoms with Gasteiger partial charge in [-0.25, -0.2) is 4.39 Å². The fourth-order valence-electron chi connectivity index (χ4n) is 3.02. The second kappa shape index (κ2) is 6.02. The van der Waals surface area contributed by atoms with Gasteiger partial charge in [0, 0.05) is 24.7 Å². The first kappa shape index (κ1) is 13.1. The van der Waals surface area contributed by atoms with Crippen molar-refractivity contribution in [3.05, 3.63) is 35.6 Å². The molecule has 0 amide bonds. The molecule has 1 aromatic rings. The van der Waals surface area contributed by atoms with Crippen molar-refractivity contribution in [2.24, 2.45) is 5.92 Å². The Labute approximate surface area is 115 Å². The summed E-state index contributed by atoms with van der Waals surface area (Å²) in [6.07, 6.45) is 5.11. The quantitative estimate of drug-likeness (QED) is 0.878. The third-order valence-electron chi connectivity index (χ3n) is 4.35. The summed E-state index contributed by atoms with van der Waals surface area (Å²) < 4.78 is 13.8. The largest absolute Gasteiger partial charge is 0.317 e. The number of halogens is 1. The van der Waals surface area contributed by atoms with Crippen LogP contribution in [0.3, 0.4) is 0 Å². The number of nitrogens with zero attached hydrogens (tertiary/aromatic N) is 1. The number of rotatable bonds is 5. The molecule has 2 nitrogen and oxygen atoms in total. The topological polar surface area (TPSA) is 15.3 Å². The van der Waals surface area contributed by atoms with Crippen LogP contribution in [0, 0.1) is 11.7 Å². The van der Waals surface area contributed by atoms with E-state index in [0.717, 1.165) is 37.7 Å². The van der Waals surface area contributed by atoms with Crippen molar-refractivity contribution in [3.63, 3.8) is 0 Å². The van der Waals surface area contributed by atoms with Crippen molar-refractivity contribution in [1.82, 2.24) is 10.2 Å². The fraction of sp³-hybridized carbons (Fsp3) is 0.625. The molecule has 0 radical (unpaired) electrons. The van der Waals surface area contributed by atoms with Crippen molar-refractivity contribution < 1.29 is 4.39 Å². The second-order valence-corrected chi connectivity index (χ2v) is 5.95. The molecule has 2 aliphatic rings. The van der Waals surface area contributed by atoms with Crippen LogP contribution in [0.4, 0.5) is 4.39 Å². The Kier molecular flexibility index (Phi) is 4.14. The molecule has 0 aromatic heterocycles. The average Bonchev–Trinajstić information content (AvgIpc) is 3.26. The van der Waals surface area contributed by atoms with E-state index >= 15 is 0 Å². The summed E-state index contributed by atoms with van der Waals surface area (Å²) in [7, 11) is 0. The third kappa shape index (κ3) is 3.54. The number of benzene rings is 1. The van der Waals surface area contributed by atoms with Crippen LogP contribution in [0.1, 0.15) is 31.2 Å². The molecular formula is C16H23FN2. The van der Waals surface area contributed by atoms with Gasteiger partial charge in [-0.1, -0.05) is 18.2 Å². The van der Waals surface area contributed by atoms with E-state index in [1.807, 2.05) is 12.1 Å². The molecule has 0 atom stereocenters. The minimum absolute atomic E-state index is 0.0570. The molecule has 3 rings (SSSR count). The summed E-state index contributed by atoms with van der Waals surface area (Å²) >= 11 is 0. The molecule has 0 unspecified atom stereocenters. The first-order valence-electron chi connectivity index (χ1n) is 7.51. The highest BCUT2D eigenvalue weighted by Gasteiger charge is 2.31. The van der Waals surface area contributed by atoms with Crippen molar-refractivity contribution in [1.29, 1.82) is 0 Å². The van der Waals surface area contributed by atoms with Crippen LogP contribution in [-0.2, 0) is 6.54 Å². The molecule has 1 aromatic carbocycles. The van der Waals surface area contributed by atoms with Gasteiger partial charge in [0.05, 0.1) is 0 Å². The maximum atomic E-state index is 13.8. The van der Waals surface area contributed by atoms with Crippen LogP contribution in [0.15, 0.2) is 24.3 Å². The molecule has 0 bridgehead atoms. The fourth-order valence-corrected chi connectivity index (χ4v) is 3.02. The van der Waals surface area contributed by atoms with Gasteiger partial charge in [-0.15, -0.1) is 0 Å². The third-order valence-corrected chi connectivity index (χ3v) is 4.35. The molecule has 19 heavy (non-hydrogen) atoms. The van der Waals surface area contributed by atoms with Gasteiger partial charge in [-0.05, 0) is 50.8 Å². The highest BCUT2D eigenvalue weighted by Crippen LogP contribution is 2.30. The van der Waals surface area contributed by atoms with E-state index in [1.165, 1.54) is 25.7 Å². The number of hydrogen-bond acceptors (Lipinski definition) is 2. The molecule has 1 aliphatic heterocycles. The zero-order valence-corrected chi connectivity index (χ0v) is 11.4. The zero-order chi connectivity index (χ0) is 13.1. The summed E-state index contributed by atoms with van der Waals surface area (Å²) in [5.41, 5.74) is 0.850. The lowest BCUT2D eigenvalue weighted by Crippen LogP contribution is -2.37. The Balaban J connectivity index is 1.62. The van der Waals surface area contributed by atoms with E-state index in [4.69, 9.17) is 0 Å². The van der Waals surface area contributed by atoms with Gasteiger partial charge in [0.2, 0.25) is 0 Å². The van der Waals surface area contributed by atoms with E-state index < -0.39 is 0 Å². The monoisotopic (exact) mass is 262 g/mol. The minimum atomic E-state index is -0.0570. The maximum Gasteiger partial charge on any atom is 0.127 e. The van der Waals surface area contributed by atoms with Crippen LogP contribution in [0.25, 0.3) is 0 Å². The van der Waals surface area contributed by atoms with Crippen LogP contribution in [-0.4, -0.2) is 30.6 Å². The van der Waals surface area contributed by atoms with Gasteiger partial charge in [0.15, 0.2) is 0 Å². The van der Waals surface area contributed by atoms with Crippen molar-refractivity contribution in [2.75, 3.05) is 19.6 Å². The van der Waals surface area contributed by atoms with Gasteiger partial charge in [0.25, 0.3) is 0 Å². The minimum Gasteiger partial charge on any atom is -0.317 e. The molecule has 0 spiro atoms. The molecule has 1 aliphatic carbocycles. The first-order valence-corrected chi connectivity index (χ1v) is 7.51. The van der Waals surface area contributed by atoms with Gasteiger partial charge in [-0.2, -0.15) is 0 Å². The molecule has 1 N–H and O–H groups in total. The second-order valence-electron chi connectivity index (χ2n) is 5.95. The van der Waals surface area contributed by atoms with E-state index in [1.54, 1.807) is 12.1 Å². The van der Waals surface area contributed by atoms with Crippen LogP contribution in [0.2, 0.25) is 0 Å². The average molecular weight is 262 g/mol. The maximum absolute atomic E-state index is 13.8. The highest BCUT2D eigenvalue weighted by molar-refractivity contribution is 5.17. The lowest BCUT2D eigenvalue weighted by Gasteiger charge is -2.30. The summed E-state index contributed by atoms with van der Waals surface area (Å²) in [4.78, 5) is 2.51. The van der Waals surface area contributed by atoms with Crippen LogP contribution < -0.4 is 5.32 Å². The van der Waals surface area contributed by atoms with E-state index in [9.17, 15) is 4.39 Å². The van der Waals surface area contributed by atoms with Crippen LogP contribution >= 0.6 is 0 Å². The van der Waals surface area contributed by atoms with Crippen molar-refractivity contribution in [3.8, 4) is 0 Å². The molecule has 1 heterocycles. The van der Waals surface area contributed by atoms with E-state index in [-0.39, 0.29) is 5.82 Å². The lowest BCUT2D eigenvalue weighted by molar-refractivity contribution is 0.188. The van der Waals surface area contributed by atoms with Crippen molar-refractivity contribution in [2.45, 2.75) is 38.3 Å². The van der Waals surface area contributed by atoms with Gasteiger partial charge < -0.3 is 5.32 Å². The zero-order valence-electron chi connectivity index (χ0n) is 11.4. The predicted octanol–water partition coefficient (Wildman–Crippen LogP) is 2.79. The van der Waals surface area contributed by atoms with Crippen molar-refractivity contribution >= 4 is 0 Å². The molecule has 104 valence electrons. The summed E-state index contributed by atoms with van der Waals surface area (Å²) in [6.45, 7) is 4.20. The van der Waals surface area contributed by atoms with E-state index in [2.05, 4.69) is 10.2 Å². The number of hydrogen-bond donors (Lipinski definition) is 1. The standard InChI is InChI=1S/C16H23FN2/c17-16-4-2-1-3-14(16)12-19(15-5-6-15)11-13-7-9-18-10-8-13/h1-4,13,15,18H,5-12H2. The summed E-state index contributed by atoms with van der Waals surface area (Å²) in [5.74, 6) is 0.729. The Morgan fingerprint density at radius 2 is 1.84 bits per heavy atom. The van der Waals surface area contributed by atoms with E-state index in [0.29, 0.717) is 6.04 Å². The predicted molar refractivity (Wildman–Crippen MR) is 75.4 cm³/mol. The Bertz CT molecular complexity index is 411. The molecule has 3 heteroatoms. The SMILES string of the molecule is Fc1ccccc1CN(CC1CCNCC1)C1CC1. The van der Waals surface area contributed by atoms with Gasteiger partial charge >= 0.3 is 0 Å². The Hall–Kier alpha value is -0.930. The normalized spacial score (nSPS) is 20.9.